The van der Waals surface area contributed by atoms with E-state index in [-0.39, 0.29) is 24.0 Å². The highest BCUT2D eigenvalue weighted by Gasteiger charge is 2.35. The van der Waals surface area contributed by atoms with Crippen LogP contribution in [0, 0.1) is 12.8 Å². The van der Waals surface area contributed by atoms with Gasteiger partial charge in [-0.25, -0.2) is 9.78 Å². The van der Waals surface area contributed by atoms with E-state index in [1.165, 1.54) is 23.8 Å². The normalized spacial score (nSPS) is 20.6. The zero-order chi connectivity index (χ0) is 24.7. The molecular formula is C28H33N3O4. The Kier molecular flexibility index (Phi) is 6.26. The van der Waals surface area contributed by atoms with Gasteiger partial charge in [0.1, 0.15) is 5.82 Å². The van der Waals surface area contributed by atoms with Gasteiger partial charge in [0.05, 0.1) is 30.6 Å². The molecule has 3 atom stereocenters. The lowest BCUT2D eigenvalue weighted by atomic mass is 9.98. The molecule has 0 saturated heterocycles. The van der Waals surface area contributed by atoms with E-state index in [1.807, 2.05) is 0 Å². The molecule has 5 rings (SSSR count). The molecule has 7 nitrogen and oxygen atoms in total. The summed E-state index contributed by atoms with van der Waals surface area (Å²) in [5.74, 6) is 0.0603. The van der Waals surface area contributed by atoms with Crippen molar-refractivity contribution in [1.29, 1.82) is 0 Å². The van der Waals surface area contributed by atoms with Crippen molar-refractivity contribution in [2.45, 2.75) is 64.5 Å². The number of rotatable bonds is 5. The van der Waals surface area contributed by atoms with E-state index in [4.69, 9.17) is 9.72 Å². The first-order valence-corrected chi connectivity index (χ1v) is 12.5. The van der Waals surface area contributed by atoms with Gasteiger partial charge in [-0.05, 0) is 68.7 Å². The van der Waals surface area contributed by atoms with E-state index in [1.54, 1.807) is 4.90 Å². The van der Waals surface area contributed by atoms with Crippen LogP contribution >= 0.6 is 0 Å². The first-order valence-electron chi connectivity index (χ1n) is 12.5. The lowest BCUT2D eigenvalue weighted by molar-refractivity contribution is -0.141. The molecule has 2 aromatic carbocycles. The number of carbonyl (C=O) groups is 2. The quantitative estimate of drug-likeness (QED) is 0.545. The van der Waals surface area contributed by atoms with Crippen LogP contribution in [0.25, 0.3) is 11.0 Å². The number of nitrogens with zero attached hydrogens (tertiary/aromatic N) is 3. The van der Waals surface area contributed by atoms with Gasteiger partial charge in [-0.1, -0.05) is 30.3 Å². The Morgan fingerprint density at radius 1 is 1.20 bits per heavy atom. The fourth-order valence-corrected chi connectivity index (χ4v) is 5.94. The van der Waals surface area contributed by atoms with Gasteiger partial charge in [0.15, 0.2) is 0 Å². The van der Waals surface area contributed by atoms with Crippen LogP contribution in [0.15, 0.2) is 36.4 Å². The number of benzene rings is 2. The maximum Gasteiger partial charge on any atom is 0.409 e. The molecule has 0 spiro atoms. The first-order chi connectivity index (χ1) is 16.9. The molecule has 2 aliphatic rings. The van der Waals surface area contributed by atoms with Crippen molar-refractivity contribution < 1.29 is 19.4 Å². The van der Waals surface area contributed by atoms with Crippen LogP contribution in [0.5, 0.6) is 0 Å². The fraction of sp³-hybridized carbons (Fsp3) is 0.464. The van der Waals surface area contributed by atoms with Crippen molar-refractivity contribution in [1.82, 2.24) is 14.5 Å². The topological polar surface area (TPSA) is 84.7 Å². The number of methoxy groups -OCH3 is 1. The predicted molar refractivity (Wildman–Crippen MR) is 134 cm³/mol. The molecule has 7 heteroatoms. The molecule has 1 aliphatic carbocycles. The van der Waals surface area contributed by atoms with Crippen molar-refractivity contribution in [3.63, 3.8) is 0 Å². The highest BCUT2D eigenvalue weighted by molar-refractivity contribution is 5.82. The van der Waals surface area contributed by atoms with Gasteiger partial charge in [-0.2, -0.15) is 0 Å². The van der Waals surface area contributed by atoms with Gasteiger partial charge < -0.3 is 19.3 Å². The summed E-state index contributed by atoms with van der Waals surface area (Å²) in [6.07, 6.45) is 3.45. The second kappa shape index (κ2) is 9.36. The van der Waals surface area contributed by atoms with Gasteiger partial charge in [-0.3, -0.25) is 4.79 Å². The van der Waals surface area contributed by atoms with Crippen LogP contribution in [0.4, 0.5) is 4.79 Å². The molecule has 35 heavy (non-hydrogen) atoms. The summed E-state index contributed by atoms with van der Waals surface area (Å²) in [6.45, 7) is 5.47. The van der Waals surface area contributed by atoms with Crippen molar-refractivity contribution >= 4 is 23.1 Å². The predicted octanol–water partition coefficient (Wildman–Crippen LogP) is 5.24. The Bertz CT molecular complexity index is 1280. The lowest BCUT2D eigenvalue weighted by Crippen LogP contribution is -2.35. The second-order valence-corrected chi connectivity index (χ2v) is 10.1. The molecule has 3 aromatic rings. The number of ether oxygens (including phenoxy) is 1. The SMILES string of the molecule is COC(=O)N1CCc2ccc3c(nc([C@@H]4CC[C@H](C(=O)O)C4)n3[C@H](C)Cc3ccccc3C)c2C1. The number of hydrogen-bond acceptors (Lipinski definition) is 4. The molecule has 0 bridgehead atoms. The third-order valence-electron chi connectivity index (χ3n) is 7.89. The summed E-state index contributed by atoms with van der Waals surface area (Å²) < 4.78 is 7.32. The zero-order valence-corrected chi connectivity index (χ0v) is 20.7. The first kappa shape index (κ1) is 23.4. The number of fused-ring (bicyclic) bond motifs is 3. The Morgan fingerprint density at radius 3 is 2.71 bits per heavy atom. The highest BCUT2D eigenvalue weighted by atomic mass is 16.5. The van der Waals surface area contributed by atoms with Gasteiger partial charge in [0.2, 0.25) is 0 Å². The molecule has 2 heterocycles. The minimum Gasteiger partial charge on any atom is -0.481 e. The van der Waals surface area contributed by atoms with E-state index in [9.17, 15) is 14.7 Å². The van der Waals surface area contributed by atoms with Crippen LogP contribution in [0.3, 0.4) is 0 Å². The Morgan fingerprint density at radius 2 is 2.00 bits per heavy atom. The highest BCUT2D eigenvalue weighted by Crippen LogP contribution is 2.41. The summed E-state index contributed by atoms with van der Waals surface area (Å²) >= 11 is 0. The molecule has 0 radical (unpaired) electrons. The van der Waals surface area contributed by atoms with Crippen LogP contribution in [-0.4, -0.2) is 45.3 Å². The summed E-state index contributed by atoms with van der Waals surface area (Å²) in [5.41, 5.74) is 6.86. The van der Waals surface area contributed by atoms with Crippen LogP contribution < -0.4 is 0 Å². The minimum absolute atomic E-state index is 0.110. The van der Waals surface area contributed by atoms with Gasteiger partial charge >= 0.3 is 12.1 Å². The van der Waals surface area contributed by atoms with E-state index in [0.29, 0.717) is 25.9 Å². The van der Waals surface area contributed by atoms with Crippen LogP contribution in [0.2, 0.25) is 0 Å². The van der Waals surface area contributed by atoms with Crippen molar-refractivity contribution in [2.24, 2.45) is 5.92 Å². The number of imidazole rings is 1. The average molecular weight is 476 g/mol. The molecule has 1 aromatic heterocycles. The largest absolute Gasteiger partial charge is 0.481 e. The zero-order valence-electron chi connectivity index (χ0n) is 20.7. The number of aliphatic carboxylic acids is 1. The van der Waals surface area contributed by atoms with Crippen molar-refractivity contribution in [3.05, 3.63) is 64.5 Å². The van der Waals surface area contributed by atoms with E-state index in [2.05, 4.69) is 54.8 Å². The van der Waals surface area contributed by atoms with Crippen molar-refractivity contribution in [3.8, 4) is 0 Å². The molecule has 1 aliphatic heterocycles. The molecular weight excluding hydrogens is 442 g/mol. The van der Waals surface area contributed by atoms with Crippen molar-refractivity contribution in [2.75, 3.05) is 13.7 Å². The lowest BCUT2D eigenvalue weighted by Gasteiger charge is -2.28. The summed E-state index contributed by atoms with van der Waals surface area (Å²) in [6, 6.07) is 12.9. The van der Waals surface area contributed by atoms with Crippen LogP contribution in [-0.2, 0) is 28.9 Å². The number of aromatic nitrogens is 2. The fourth-order valence-electron chi connectivity index (χ4n) is 5.94. The third kappa shape index (κ3) is 4.28. The second-order valence-electron chi connectivity index (χ2n) is 10.1. The Balaban J connectivity index is 1.60. The molecule has 1 N–H and O–H groups in total. The van der Waals surface area contributed by atoms with E-state index >= 15 is 0 Å². The molecule has 184 valence electrons. The smallest absolute Gasteiger partial charge is 0.409 e. The molecule has 0 unspecified atom stereocenters. The summed E-state index contributed by atoms with van der Waals surface area (Å²) in [7, 11) is 1.41. The molecule has 1 saturated carbocycles. The van der Waals surface area contributed by atoms with E-state index < -0.39 is 5.97 Å². The molecule has 1 fully saturated rings. The average Bonchev–Trinajstić information content (AvgIpc) is 3.50. The number of hydrogen-bond donors (Lipinski definition) is 1. The minimum atomic E-state index is -0.714. The molecule has 1 amide bonds. The summed E-state index contributed by atoms with van der Waals surface area (Å²) in [4.78, 5) is 30.9. The van der Waals surface area contributed by atoms with Gasteiger partial charge in [0.25, 0.3) is 0 Å². The summed E-state index contributed by atoms with van der Waals surface area (Å²) in [5, 5.41) is 9.61. The number of carboxylic acids is 1. The number of carbonyl (C=O) groups excluding carboxylic acids is 1. The number of aryl methyl sites for hydroxylation is 1. The maximum atomic E-state index is 12.3. The van der Waals surface area contributed by atoms with Gasteiger partial charge in [-0.15, -0.1) is 0 Å². The number of amides is 1. The Hall–Kier alpha value is -3.35. The van der Waals surface area contributed by atoms with Gasteiger partial charge in [0, 0.05) is 24.1 Å². The third-order valence-corrected chi connectivity index (χ3v) is 7.89. The monoisotopic (exact) mass is 475 g/mol. The standard InChI is InChI=1S/C28H33N3O4/c1-17-6-4-5-7-20(17)14-18(2)31-24-11-10-19-12-13-30(28(34)35-3)16-23(19)25(24)29-26(31)21-8-9-22(15-21)27(32)33/h4-7,10-11,18,21-22H,8-9,12-16H2,1-3H3,(H,32,33)/t18-,21-,22+/m1/s1. The van der Waals surface area contributed by atoms with Crippen LogP contribution in [0.1, 0.15) is 66.2 Å². The maximum absolute atomic E-state index is 12.3. The number of carboxylic acid groups (broad SMARTS) is 1. The van der Waals surface area contributed by atoms with E-state index in [0.717, 1.165) is 41.7 Å². The Labute approximate surface area is 205 Å².